The third-order valence-electron chi connectivity index (χ3n) is 9.21. The van der Waals surface area contributed by atoms with Gasteiger partial charge in [-0.2, -0.15) is 0 Å². The lowest BCUT2D eigenvalue weighted by molar-refractivity contribution is 0.670. The molecule has 0 fully saturated rings. The highest BCUT2D eigenvalue weighted by Crippen LogP contribution is 2.45. The molecule has 0 saturated carbocycles. The lowest BCUT2D eigenvalue weighted by Gasteiger charge is -2.12. The van der Waals surface area contributed by atoms with Crippen molar-refractivity contribution in [2.24, 2.45) is 0 Å². The standard InChI is InChI=1S/C42H31NO2/c1-2-3-5-14-30(27-12-6-4-7-13-27)28-19-21-29(22-20-28)43-35-25-23-33-31-15-8-10-17-37(31)44-41(33)39(35)40-36(43)26-24-34-32-16-9-11-18-38(32)45-42(34)40/h4,6-26H,2-3,5H2,1H3/b30-14-. The molecule has 0 spiro atoms. The number of aromatic nitrogens is 1. The average Bonchev–Trinajstić information content (AvgIpc) is 3.76. The second-order valence-electron chi connectivity index (χ2n) is 11.9. The van der Waals surface area contributed by atoms with E-state index in [0.29, 0.717) is 0 Å². The summed E-state index contributed by atoms with van der Waals surface area (Å²) in [4.78, 5) is 0. The molecule has 0 aliphatic rings. The highest BCUT2D eigenvalue weighted by Gasteiger charge is 2.22. The first kappa shape index (κ1) is 25.9. The van der Waals surface area contributed by atoms with Gasteiger partial charge in [-0.1, -0.05) is 105 Å². The second kappa shape index (κ2) is 10.3. The molecule has 0 N–H and O–H groups in total. The zero-order valence-electron chi connectivity index (χ0n) is 25.1. The lowest BCUT2D eigenvalue weighted by Crippen LogP contribution is -1.95. The number of hydrogen-bond donors (Lipinski definition) is 0. The van der Waals surface area contributed by atoms with E-state index in [-0.39, 0.29) is 0 Å². The van der Waals surface area contributed by atoms with E-state index >= 15 is 0 Å². The number of benzene rings is 6. The van der Waals surface area contributed by atoms with Crippen molar-refractivity contribution < 1.29 is 8.83 Å². The quantitative estimate of drug-likeness (QED) is 0.183. The molecule has 0 aliphatic carbocycles. The van der Waals surface area contributed by atoms with Crippen molar-refractivity contribution in [2.75, 3.05) is 0 Å². The van der Waals surface area contributed by atoms with Gasteiger partial charge in [-0.15, -0.1) is 0 Å². The molecule has 0 aliphatic heterocycles. The summed E-state index contributed by atoms with van der Waals surface area (Å²) in [5, 5.41) is 6.64. The molecule has 3 aromatic heterocycles. The van der Waals surface area contributed by atoms with Crippen LogP contribution in [0.1, 0.15) is 37.3 Å². The Bertz CT molecular complexity index is 2430. The molecular formula is C42H31NO2. The summed E-state index contributed by atoms with van der Waals surface area (Å²) in [6, 6.07) is 45.2. The van der Waals surface area contributed by atoms with Gasteiger partial charge in [-0.3, -0.25) is 0 Å². The summed E-state index contributed by atoms with van der Waals surface area (Å²) in [5.41, 5.74) is 10.6. The van der Waals surface area contributed by atoms with Crippen LogP contribution < -0.4 is 0 Å². The van der Waals surface area contributed by atoms with Crippen molar-refractivity contribution in [2.45, 2.75) is 26.2 Å². The Balaban J connectivity index is 1.32. The topological polar surface area (TPSA) is 31.2 Å². The van der Waals surface area contributed by atoms with Crippen LogP contribution in [0.2, 0.25) is 0 Å². The Morgan fingerprint density at radius 3 is 1.67 bits per heavy atom. The summed E-state index contributed by atoms with van der Waals surface area (Å²) < 4.78 is 15.6. The summed E-state index contributed by atoms with van der Waals surface area (Å²) in [6.45, 7) is 2.24. The minimum Gasteiger partial charge on any atom is -0.455 e. The molecule has 0 bridgehead atoms. The van der Waals surface area contributed by atoms with Crippen LogP contribution in [0, 0.1) is 0 Å². The fraction of sp³-hybridized carbons (Fsp3) is 0.0952. The van der Waals surface area contributed by atoms with Gasteiger partial charge in [0.2, 0.25) is 0 Å². The zero-order valence-corrected chi connectivity index (χ0v) is 25.1. The van der Waals surface area contributed by atoms with E-state index in [4.69, 9.17) is 8.83 Å². The van der Waals surface area contributed by atoms with Gasteiger partial charge in [0.1, 0.15) is 22.3 Å². The molecule has 3 nitrogen and oxygen atoms in total. The van der Waals surface area contributed by atoms with Crippen molar-refractivity contribution in [1.82, 2.24) is 4.57 Å². The molecule has 0 atom stereocenters. The van der Waals surface area contributed by atoms with E-state index in [1.807, 2.05) is 24.3 Å². The number of fused-ring (bicyclic) bond motifs is 11. The van der Waals surface area contributed by atoms with E-state index in [0.717, 1.165) is 77.8 Å². The van der Waals surface area contributed by atoms with Crippen molar-refractivity contribution in [3.8, 4) is 5.69 Å². The number of unbranched alkanes of at least 4 members (excludes halogenated alkanes) is 2. The highest BCUT2D eigenvalue weighted by molar-refractivity contribution is 6.30. The van der Waals surface area contributed by atoms with Crippen LogP contribution in [0.4, 0.5) is 0 Å². The third-order valence-corrected chi connectivity index (χ3v) is 9.21. The first-order valence-electron chi connectivity index (χ1n) is 15.8. The largest absolute Gasteiger partial charge is 0.455 e. The molecule has 9 aromatic rings. The number of furan rings is 2. The normalized spacial score (nSPS) is 12.5. The third kappa shape index (κ3) is 3.97. The van der Waals surface area contributed by atoms with Gasteiger partial charge in [0, 0.05) is 27.2 Å². The monoisotopic (exact) mass is 581 g/mol. The fourth-order valence-electron chi connectivity index (χ4n) is 7.08. The van der Waals surface area contributed by atoms with E-state index in [9.17, 15) is 0 Å². The smallest absolute Gasteiger partial charge is 0.145 e. The average molecular weight is 582 g/mol. The first-order valence-corrected chi connectivity index (χ1v) is 15.8. The first-order chi connectivity index (χ1) is 22.3. The molecule has 3 heterocycles. The summed E-state index contributed by atoms with van der Waals surface area (Å²) in [6.07, 6.45) is 5.83. The van der Waals surface area contributed by atoms with Crippen molar-refractivity contribution in [3.05, 3.63) is 145 Å². The molecule has 216 valence electrons. The fourth-order valence-corrected chi connectivity index (χ4v) is 7.08. The van der Waals surface area contributed by atoms with Crippen LogP contribution in [0.15, 0.2) is 142 Å². The SMILES string of the molecule is CCCC/C=C(/c1ccccc1)c1ccc(-n2c3ccc4c5ccccc5oc4c3c3c4oc5ccccc5c4ccc32)cc1. The van der Waals surface area contributed by atoms with Crippen LogP contribution in [-0.2, 0) is 0 Å². The van der Waals surface area contributed by atoms with E-state index in [1.54, 1.807) is 0 Å². The summed E-state index contributed by atoms with van der Waals surface area (Å²) in [5.74, 6) is 0. The predicted molar refractivity (Wildman–Crippen MR) is 188 cm³/mol. The molecule has 45 heavy (non-hydrogen) atoms. The van der Waals surface area contributed by atoms with Crippen molar-refractivity contribution in [3.63, 3.8) is 0 Å². The lowest BCUT2D eigenvalue weighted by atomic mass is 9.96. The Morgan fingerprint density at radius 1 is 0.556 bits per heavy atom. The summed E-state index contributed by atoms with van der Waals surface area (Å²) >= 11 is 0. The number of allylic oxidation sites excluding steroid dienone is 1. The van der Waals surface area contributed by atoms with Gasteiger partial charge in [-0.05, 0) is 71.7 Å². The zero-order chi connectivity index (χ0) is 29.9. The maximum Gasteiger partial charge on any atom is 0.145 e. The second-order valence-corrected chi connectivity index (χ2v) is 11.9. The van der Waals surface area contributed by atoms with Crippen LogP contribution >= 0.6 is 0 Å². The molecule has 0 radical (unpaired) electrons. The maximum atomic E-state index is 6.63. The highest BCUT2D eigenvalue weighted by atomic mass is 16.3. The predicted octanol–water partition coefficient (Wildman–Crippen LogP) is 12.2. The minimum atomic E-state index is 0.894. The van der Waals surface area contributed by atoms with Gasteiger partial charge in [0.15, 0.2) is 0 Å². The minimum absolute atomic E-state index is 0.894. The molecule has 3 heteroatoms. The number of para-hydroxylation sites is 2. The molecule has 6 aromatic carbocycles. The van der Waals surface area contributed by atoms with Gasteiger partial charge < -0.3 is 13.4 Å². The van der Waals surface area contributed by atoms with E-state index in [2.05, 4.69) is 121 Å². The molecular weight excluding hydrogens is 550 g/mol. The van der Waals surface area contributed by atoms with Crippen LogP contribution in [0.3, 0.4) is 0 Å². The Hall–Kier alpha value is -5.54. The Labute approximate surface area is 260 Å². The maximum absolute atomic E-state index is 6.63. The van der Waals surface area contributed by atoms with E-state index in [1.165, 1.54) is 29.5 Å². The Kier molecular flexibility index (Phi) is 5.92. The van der Waals surface area contributed by atoms with Crippen LogP contribution in [-0.4, -0.2) is 4.57 Å². The van der Waals surface area contributed by atoms with Crippen LogP contribution in [0.25, 0.3) is 76.9 Å². The van der Waals surface area contributed by atoms with E-state index < -0.39 is 0 Å². The van der Waals surface area contributed by atoms with Crippen LogP contribution in [0.5, 0.6) is 0 Å². The molecule has 9 rings (SSSR count). The van der Waals surface area contributed by atoms with Gasteiger partial charge >= 0.3 is 0 Å². The van der Waals surface area contributed by atoms with Gasteiger partial charge in [-0.25, -0.2) is 0 Å². The number of nitrogens with zero attached hydrogens (tertiary/aromatic N) is 1. The van der Waals surface area contributed by atoms with Crippen molar-refractivity contribution >= 4 is 71.3 Å². The van der Waals surface area contributed by atoms with Crippen molar-refractivity contribution in [1.29, 1.82) is 0 Å². The molecule has 0 amide bonds. The molecule has 0 saturated heterocycles. The Morgan fingerprint density at radius 2 is 1.09 bits per heavy atom. The molecule has 0 unspecified atom stereocenters. The number of rotatable bonds is 6. The summed E-state index contributed by atoms with van der Waals surface area (Å²) in [7, 11) is 0. The van der Waals surface area contributed by atoms with Gasteiger partial charge in [0.05, 0.1) is 21.8 Å². The number of hydrogen-bond acceptors (Lipinski definition) is 2. The van der Waals surface area contributed by atoms with Gasteiger partial charge in [0.25, 0.3) is 0 Å².